The highest BCUT2D eigenvalue weighted by Gasteiger charge is 2.09. The number of aldehydes is 1. The zero-order valence-electron chi connectivity index (χ0n) is 9.11. The molecule has 0 heterocycles. The number of nitriles is 1. The van der Waals surface area contributed by atoms with Crippen LogP contribution in [0.4, 0.5) is 5.69 Å². The molecule has 0 unspecified atom stereocenters. The third-order valence-corrected chi connectivity index (χ3v) is 2.83. The van der Waals surface area contributed by atoms with Crippen molar-refractivity contribution in [3.05, 3.63) is 28.2 Å². The highest BCUT2D eigenvalue weighted by molar-refractivity contribution is 9.10. The standard InChI is InChI=1S/C12H13BrN2O/c1-2-15(7-3-6-14)12-8-11(13)5-4-10(12)9-16/h4-5,8-9H,2-3,7H2,1H3. The summed E-state index contributed by atoms with van der Waals surface area (Å²) in [6, 6.07) is 7.64. The number of nitrogens with zero attached hydrogens (tertiary/aromatic N) is 2. The average molecular weight is 281 g/mol. The molecule has 3 nitrogen and oxygen atoms in total. The predicted octanol–water partition coefficient (Wildman–Crippen LogP) is 3.00. The molecule has 0 aromatic heterocycles. The van der Waals surface area contributed by atoms with Crippen molar-refractivity contribution in [2.75, 3.05) is 18.0 Å². The minimum atomic E-state index is 0.457. The highest BCUT2D eigenvalue weighted by Crippen LogP contribution is 2.24. The van der Waals surface area contributed by atoms with Crippen LogP contribution >= 0.6 is 15.9 Å². The van der Waals surface area contributed by atoms with E-state index in [0.29, 0.717) is 18.5 Å². The topological polar surface area (TPSA) is 44.1 Å². The molecule has 0 atom stereocenters. The van der Waals surface area contributed by atoms with Gasteiger partial charge < -0.3 is 4.90 Å². The first-order chi connectivity index (χ1) is 7.72. The number of rotatable bonds is 5. The van der Waals surface area contributed by atoms with Crippen molar-refractivity contribution in [3.63, 3.8) is 0 Å². The lowest BCUT2D eigenvalue weighted by atomic mass is 10.1. The summed E-state index contributed by atoms with van der Waals surface area (Å²) in [4.78, 5) is 13.0. The lowest BCUT2D eigenvalue weighted by molar-refractivity contribution is 0.112. The molecular formula is C12H13BrN2O. The van der Waals surface area contributed by atoms with E-state index >= 15 is 0 Å². The Morgan fingerprint density at radius 1 is 1.56 bits per heavy atom. The summed E-state index contributed by atoms with van der Waals surface area (Å²) in [6.07, 6.45) is 1.30. The smallest absolute Gasteiger partial charge is 0.152 e. The molecule has 0 bridgehead atoms. The van der Waals surface area contributed by atoms with E-state index in [-0.39, 0.29) is 0 Å². The van der Waals surface area contributed by atoms with Gasteiger partial charge >= 0.3 is 0 Å². The lowest BCUT2D eigenvalue weighted by Gasteiger charge is -2.23. The van der Waals surface area contributed by atoms with E-state index < -0.39 is 0 Å². The van der Waals surface area contributed by atoms with Crippen LogP contribution in [0.5, 0.6) is 0 Å². The number of halogens is 1. The Hall–Kier alpha value is -1.34. The molecule has 1 aromatic carbocycles. The van der Waals surface area contributed by atoms with Crippen molar-refractivity contribution in [3.8, 4) is 6.07 Å². The van der Waals surface area contributed by atoms with E-state index in [2.05, 4.69) is 22.0 Å². The maximum atomic E-state index is 10.9. The van der Waals surface area contributed by atoms with E-state index in [9.17, 15) is 4.79 Å². The molecule has 1 aromatic rings. The van der Waals surface area contributed by atoms with E-state index in [1.165, 1.54) is 0 Å². The molecule has 4 heteroatoms. The SMILES string of the molecule is CCN(CCC#N)c1cc(Br)ccc1C=O. The van der Waals surface area contributed by atoms with Crippen LogP contribution in [0.1, 0.15) is 23.7 Å². The van der Waals surface area contributed by atoms with Gasteiger partial charge in [0.05, 0.1) is 12.5 Å². The molecule has 84 valence electrons. The number of hydrogen-bond acceptors (Lipinski definition) is 3. The largest absolute Gasteiger partial charge is 0.370 e. The monoisotopic (exact) mass is 280 g/mol. The Morgan fingerprint density at radius 3 is 2.88 bits per heavy atom. The molecule has 0 aliphatic heterocycles. The molecule has 0 aliphatic rings. The van der Waals surface area contributed by atoms with E-state index in [0.717, 1.165) is 23.0 Å². The van der Waals surface area contributed by atoms with Gasteiger partial charge in [0.15, 0.2) is 6.29 Å². The van der Waals surface area contributed by atoms with Crippen molar-refractivity contribution in [1.82, 2.24) is 0 Å². The van der Waals surface area contributed by atoms with Gasteiger partial charge in [-0.15, -0.1) is 0 Å². The van der Waals surface area contributed by atoms with Gasteiger partial charge in [-0.2, -0.15) is 5.26 Å². The number of benzene rings is 1. The fraction of sp³-hybridized carbons (Fsp3) is 0.333. The molecule has 0 radical (unpaired) electrons. The zero-order chi connectivity index (χ0) is 12.0. The van der Waals surface area contributed by atoms with Crippen LogP contribution < -0.4 is 4.90 Å². The lowest BCUT2D eigenvalue weighted by Crippen LogP contribution is -2.24. The average Bonchev–Trinajstić information content (AvgIpc) is 2.30. The first-order valence-electron chi connectivity index (χ1n) is 5.09. The van der Waals surface area contributed by atoms with Crippen molar-refractivity contribution >= 4 is 27.9 Å². The Bertz CT molecular complexity index is 412. The second-order valence-corrected chi connectivity index (χ2v) is 4.22. The fourth-order valence-electron chi connectivity index (χ4n) is 1.52. The van der Waals surface area contributed by atoms with Crippen LogP contribution in [0.2, 0.25) is 0 Å². The molecule has 1 rings (SSSR count). The molecule has 0 fully saturated rings. The number of anilines is 1. The van der Waals surface area contributed by atoms with Crippen LogP contribution in [0.3, 0.4) is 0 Å². The summed E-state index contributed by atoms with van der Waals surface area (Å²) in [5, 5.41) is 8.58. The van der Waals surface area contributed by atoms with Gasteiger partial charge in [0.2, 0.25) is 0 Å². The van der Waals surface area contributed by atoms with Crippen molar-refractivity contribution in [2.24, 2.45) is 0 Å². The van der Waals surface area contributed by atoms with Crippen molar-refractivity contribution in [2.45, 2.75) is 13.3 Å². The Labute approximate surface area is 104 Å². The molecule has 0 N–H and O–H groups in total. The summed E-state index contributed by atoms with van der Waals surface area (Å²) in [6.45, 7) is 3.43. The molecule has 0 saturated heterocycles. The Kier molecular flexibility index (Phi) is 5.00. The van der Waals surface area contributed by atoms with Crippen LogP contribution in [-0.2, 0) is 0 Å². The van der Waals surface area contributed by atoms with Gasteiger partial charge in [-0.05, 0) is 25.1 Å². The molecule has 16 heavy (non-hydrogen) atoms. The second kappa shape index (κ2) is 6.29. The van der Waals surface area contributed by atoms with Gasteiger partial charge in [-0.25, -0.2) is 0 Å². The minimum Gasteiger partial charge on any atom is -0.370 e. The molecule has 0 amide bonds. The first kappa shape index (κ1) is 12.7. The van der Waals surface area contributed by atoms with Gasteiger partial charge in [0, 0.05) is 28.8 Å². The Balaban J connectivity index is 3.02. The van der Waals surface area contributed by atoms with Crippen LogP contribution in [-0.4, -0.2) is 19.4 Å². The number of carbonyl (C=O) groups is 1. The van der Waals surface area contributed by atoms with Crippen LogP contribution in [0.15, 0.2) is 22.7 Å². The van der Waals surface area contributed by atoms with Crippen LogP contribution in [0, 0.1) is 11.3 Å². The first-order valence-corrected chi connectivity index (χ1v) is 5.88. The van der Waals surface area contributed by atoms with Gasteiger partial charge in [-0.1, -0.05) is 15.9 Å². The van der Waals surface area contributed by atoms with Crippen LogP contribution in [0.25, 0.3) is 0 Å². The third kappa shape index (κ3) is 3.07. The fourth-order valence-corrected chi connectivity index (χ4v) is 1.87. The predicted molar refractivity (Wildman–Crippen MR) is 67.6 cm³/mol. The summed E-state index contributed by atoms with van der Waals surface area (Å²) in [5.41, 5.74) is 1.53. The zero-order valence-corrected chi connectivity index (χ0v) is 10.7. The summed E-state index contributed by atoms with van der Waals surface area (Å²) in [7, 11) is 0. The van der Waals surface area contributed by atoms with E-state index in [4.69, 9.17) is 5.26 Å². The van der Waals surface area contributed by atoms with E-state index in [1.54, 1.807) is 6.07 Å². The summed E-state index contributed by atoms with van der Waals surface area (Å²) >= 11 is 3.38. The molecular weight excluding hydrogens is 268 g/mol. The maximum Gasteiger partial charge on any atom is 0.152 e. The van der Waals surface area contributed by atoms with E-state index in [1.807, 2.05) is 24.0 Å². The van der Waals surface area contributed by atoms with Gasteiger partial charge in [0.1, 0.15) is 0 Å². The van der Waals surface area contributed by atoms with Gasteiger partial charge in [-0.3, -0.25) is 4.79 Å². The molecule has 0 saturated carbocycles. The van der Waals surface area contributed by atoms with Gasteiger partial charge in [0.25, 0.3) is 0 Å². The Morgan fingerprint density at radius 2 is 2.31 bits per heavy atom. The molecule has 0 spiro atoms. The number of hydrogen-bond donors (Lipinski definition) is 0. The molecule has 0 aliphatic carbocycles. The maximum absolute atomic E-state index is 10.9. The quantitative estimate of drug-likeness (QED) is 0.779. The van der Waals surface area contributed by atoms with Crippen molar-refractivity contribution < 1.29 is 4.79 Å². The third-order valence-electron chi connectivity index (χ3n) is 2.34. The summed E-state index contributed by atoms with van der Waals surface area (Å²) < 4.78 is 0.934. The van der Waals surface area contributed by atoms with Crippen molar-refractivity contribution in [1.29, 1.82) is 5.26 Å². The number of carbonyl (C=O) groups excluding carboxylic acids is 1. The summed E-state index contributed by atoms with van der Waals surface area (Å²) in [5.74, 6) is 0. The highest BCUT2D eigenvalue weighted by atomic mass is 79.9. The second-order valence-electron chi connectivity index (χ2n) is 3.31. The minimum absolute atomic E-state index is 0.457. The normalized spacial score (nSPS) is 9.56.